The van der Waals surface area contributed by atoms with Gasteiger partial charge in [-0.15, -0.1) is 0 Å². The minimum Gasteiger partial charge on any atom is -0.497 e. The van der Waals surface area contributed by atoms with E-state index in [0.29, 0.717) is 19.6 Å². The molecule has 2 bridgehead atoms. The zero-order valence-electron chi connectivity index (χ0n) is 14.6. The molecule has 7 heteroatoms. The fraction of sp³-hybridized carbons (Fsp3) is 0.368. The van der Waals surface area contributed by atoms with Gasteiger partial charge in [-0.2, -0.15) is 0 Å². The first-order chi connectivity index (χ1) is 12.5. The van der Waals surface area contributed by atoms with Gasteiger partial charge in [-0.05, 0) is 48.7 Å². The second-order valence-corrected chi connectivity index (χ2v) is 6.99. The van der Waals surface area contributed by atoms with Crippen molar-refractivity contribution in [2.45, 2.75) is 18.9 Å². The summed E-state index contributed by atoms with van der Waals surface area (Å²) >= 11 is 0. The topological polar surface area (TPSA) is 89.6 Å². The molecule has 1 saturated heterocycles. The molecule has 1 aromatic carbocycles. The number of nitrogens with zero attached hydrogens (tertiary/aromatic N) is 2. The largest absolute Gasteiger partial charge is 0.497 e. The lowest BCUT2D eigenvalue weighted by Crippen LogP contribution is -2.50. The SMILES string of the molecule is COc1ccc(NC(=O)N2C[C@H]3C[C@H](C2)c2ccc(N)c(=O)n2C3)cc1. The lowest BCUT2D eigenvalue weighted by Gasteiger charge is -2.42. The molecule has 2 aliphatic heterocycles. The molecule has 0 unspecified atom stereocenters. The maximum atomic E-state index is 12.7. The summed E-state index contributed by atoms with van der Waals surface area (Å²) in [7, 11) is 1.61. The molecular formula is C19H22N4O3. The van der Waals surface area contributed by atoms with Crippen LogP contribution in [0.15, 0.2) is 41.2 Å². The number of anilines is 2. The van der Waals surface area contributed by atoms with Crippen molar-refractivity contribution in [2.24, 2.45) is 5.92 Å². The number of aromatic nitrogens is 1. The number of piperidine rings is 1. The van der Waals surface area contributed by atoms with Crippen LogP contribution in [-0.4, -0.2) is 35.7 Å². The van der Waals surface area contributed by atoms with Crippen LogP contribution in [0.5, 0.6) is 5.75 Å². The fourth-order valence-electron chi connectivity index (χ4n) is 4.01. The molecule has 3 heterocycles. The molecule has 2 atom stereocenters. The number of ether oxygens (including phenoxy) is 1. The normalized spacial score (nSPS) is 21.0. The maximum Gasteiger partial charge on any atom is 0.321 e. The molecule has 3 N–H and O–H groups in total. The predicted molar refractivity (Wildman–Crippen MR) is 99.5 cm³/mol. The Balaban J connectivity index is 1.51. The Bertz CT molecular complexity index is 891. The molecule has 1 fully saturated rings. The first-order valence-electron chi connectivity index (χ1n) is 8.74. The van der Waals surface area contributed by atoms with E-state index in [1.165, 1.54) is 0 Å². The van der Waals surface area contributed by atoms with Crippen LogP contribution in [0.3, 0.4) is 0 Å². The van der Waals surface area contributed by atoms with E-state index in [1.807, 2.05) is 35.2 Å². The number of amides is 2. The lowest BCUT2D eigenvalue weighted by atomic mass is 9.83. The highest BCUT2D eigenvalue weighted by Crippen LogP contribution is 2.35. The van der Waals surface area contributed by atoms with E-state index in [1.54, 1.807) is 17.7 Å². The average Bonchev–Trinajstić information content (AvgIpc) is 2.65. The summed E-state index contributed by atoms with van der Waals surface area (Å²) in [4.78, 5) is 26.8. The third kappa shape index (κ3) is 2.89. The number of nitrogens with one attached hydrogen (secondary N) is 1. The maximum absolute atomic E-state index is 12.7. The Labute approximate surface area is 151 Å². The minimum atomic E-state index is -0.117. The van der Waals surface area contributed by atoms with Crippen molar-refractivity contribution in [2.75, 3.05) is 31.2 Å². The molecule has 136 valence electrons. The van der Waals surface area contributed by atoms with Gasteiger partial charge in [0.25, 0.3) is 5.56 Å². The number of hydrogen-bond acceptors (Lipinski definition) is 4. The van der Waals surface area contributed by atoms with E-state index in [9.17, 15) is 9.59 Å². The molecule has 2 aromatic rings. The molecule has 0 saturated carbocycles. The third-order valence-electron chi connectivity index (χ3n) is 5.26. The number of pyridine rings is 1. The number of rotatable bonds is 2. The van der Waals surface area contributed by atoms with Gasteiger partial charge in [0.05, 0.1) is 12.8 Å². The van der Waals surface area contributed by atoms with Gasteiger partial charge < -0.3 is 25.3 Å². The van der Waals surface area contributed by atoms with Gasteiger partial charge in [0.1, 0.15) is 5.75 Å². The second kappa shape index (κ2) is 6.40. The van der Waals surface area contributed by atoms with E-state index in [2.05, 4.69) is 5.32 Å². The predicted octanol–water partition coefficient (Wildman–Crippen LogP) is 2.09. The highest BCUT2D eigenvalue weighted by atomic mass is 16.5. The van der Waals surface area contributed by atoms with Crippen LogP contribution in [0.2, 0.25) is 0 Å². The summed E-state index contributed by atoms with van der Waals surface area (Å²) in [5.41, 5.74) is 7.63. The lowest BCUT2D eigenvalue weighted by molar-refractivity contribution is 0.139. The van der Waals surface area contributed by atoms with Crippen LogP contribution in [0, 0.1) is 5.92 Å². The van der Waals surface area contributed by atoms with Gasteiger partial charge in [0, 0.05) is 36.9 Å². The number of fused-ring (bicyclic) bond motifs is 4. The van der Waals surface area contributed by atoms with Crippen molar-refractivity contribution in [3.63, 3.8) is 0 Å². The molecule has 1 aromatic heterocycles. The van der Waals surface area contributed by atoms with E-state index < -0.39 is 0 Å². The number of hydrogen-bond donors (Lipinski definition) is 2. The number of urea groups is 1. The van der Waals surface area contributed by atoms with E-state index in [-0.39, 0.29) is 29.1 Å². The number of nitrogen functional groups attached to an aromatic ring is 1. The van der Waals surface area contributed by atoms with Gasteiger partial charge in [-0.1, -0.05) is 0 Å². The van der Waals surface area contributed by atoms with Crippen molar-refractivity contribution in [3.8, 4) is 5.75 Å². The molecule has 2 amide bonds. The third-order valence-corrected chi connectivity index (χ3v) is 5.26. The van der Waals surface area contributed by atoms with Gasteiger partial charge in [0.15, 0.2) is 0 Å². The van der Waals surface area contributed by atoms with Crippen LogP contribution in [-0.2, 0) is 6.54 Å². The summed E-state index contributed by atoms with van der Waals surface area (Å²) in [6.45, 7) is 1.85. The fourth-order valence-corrected chi connectivity index (χ4v) is 4.01. The van der Waals surface area contributed by atoms with Crippen molar-refractivity contribution >= 4 is 17.4 Å². The summed E-state index contributed by atoms with van der Waals surface area (Å²) in [6.07, 6.45) is 0.996. The van der Waals surface area contributed by atoms with Crippen molar-refractivity contribution < 1.29 is 9.53 Å². The number of nitrogens with two attached hydrogens (primary N) is 1. The Morgan fingerprint density at radius 3 is 2.65 bits per heavy atom. The Hall–Kier alpha value is -2.96. The molecule has 0 radical (unpaired) electrons. The number of likely N-dealkylation sites (tertiary alicyclic amines) is 1. The summed E-state index contributed by atoms with van der Waals surface area (Å²) in [5.74, 6) is 1.18. The highest BCUT2D eigenvalue weighted by molar-refractivity contribution is 5.89. The summed E-state index contributed by atoms with van der Waals surface area (Å²) < 4.78 is 6.92. The zero-order chi connectivity index (χ0) is 18.3. The number of carbonyl (C=O) groups is 1. The first-order valence-corrected chi connectivity index (χ1v) is 8.74. The minimum absolute atomic E-state index is 0.115. The van der Waals surface area contributed by atoms with Gasteiger partial charge >= 0.3 is 6.03 Å². The van der Waals surface area contributed by atoms with E-state index in [4.69, 9.17) is 10.5 Å². The van der Waals surface area contributed by atoms with Crippen LogP contribution in [0.4, 0.5) is 16.2 Å². The Kier molecular flexibility index (Phi) is 4.06. The second-order valence-electron chi connectivity index (χ2n) is 6.99. The van der Waals surface area contributed by atoms with Crippen molar-refractivity contribution in [3.05, 3.63) is 52.4 Å². The number of carbonyl (C=O) groups excluding carboxylic acids is 1. The van der Waals surface area contributed by atoms with Crippen molar-refractivity contribution in [1.29, 1.82) is 0 Å². The smallest absolute Gasteiger partial charge is 0.321 e. The Morgan fingerprint density at radius 2 is 1.92 bits per heavy atom. The summed E-state index contributed by atoms with van der Waals surface area (Å²) in [5, 5.41) is 2.94. The van der Waals surface area contributed by atoms with Gasteiger partial charge in [-0.3, -0.25) is 4.79 Å². The molecular weight excluding hydrogens is 332 g/mol. The van der Waals surface area contributed by atoms with Crippen LogP contribution < -0.4 is 21.3 Å². The van der Waals surface area contributed by atoms with Crippen LogP contribution >= 0.6 is 0 Å². The zero-order valence-corrected chi connectivity index (χ0v) is 14.6. The number of methoxy groups -OCH3 is 1. The van der Waals surface area contributed by atoms with Crippen LogP contribution in [0.1, 0.15) is 18.0 Å². The molecule has 26 heavy (non-hydrogen) atoms. The number of benzene rings is 1. The van der Waals surface area contributed by atoms with Gasteiger partial charge in [0.2, 0.25) is 0 Å². The van der Waals surface area contributed by atoms with Crippen LogP contribution in [0.25, 0.3) is 0 Å². The van der Waals surface area contributed by atoms with Crippen molar-refractivity contribution in [1.82, 2.24) is 9.47 Å². The molecule has 0 spiro atoms. The Morgan fingerprint density at radius 1 is 1.15 bits per heavy atom. The quantitative estimate of drug-likeness (QED) is 0.864. The molecule has 2 aliphatic rings. The average molecular weight is 354 g/mol. The first kappa shape index (κ1) is 16.5. The monoisotopic (exact) mass is 354 g/mol. The molecule has 4 rings (SSSR count). The standard InChI is InChI=1S/C19H22N4O3/c1-26-15-4-2-14(3-5-15)21-19(25)22-9-12-8-13(11-22)17-7-6-16(20)18(24)23(17)10-12/h2-7,12-13H,8-11,20H2,1H3,(H,21,25)/t12-,13-/m1/s1. The highest BCUT2D eigenvalue weighted by Gasteiger charge is 2.36. The van der Waals surface area contributed by atoms with E-state index in [0.717, 1.165) is 23.6 Å². The van der Waals surface area contributed by atoms with E-state index >= 15 is 0 Å². The molecule has 7 nitrogen and oxygen atoms in total. The molecule has 0 aliphatic carbocycles. The summed E-state index contributed by atoms with van der Waals surface area (Å²) in [6, 6.07) is 10.7. The van der Waals surface area contributed by atoms with Gasteiger partial charge in [-0.25, -0.2) is 4.79 Å².